The van der Waals surface area contributed by atoms with Crippen LogP contribution in [0.2, 0.25) is 0 Å². The van der Waals surface area contributed by atoms with Crippen molar-refractivity contribution in [2.75, 3.05) is 0 Å². The molecule has 0 spiro atoms. The highest BCUT2D eigenvalue weighted by Gasteiger charge is 2.03. The molecule has 0 amide bonds. The van der Waals surface area contributed by atoms with E-state index < -0.39 is 0 Å². The van der Waals surface area contributed by atoms with E-state index in [1.54, 1.807) is 6.07 Å². The molecular weight excluding hydrogens is 225 g/mol. The third kappa shape index (κ3) is 2.30. The fraction of sp³-hybridized carbons (Fsp3) is 0.182. The first-order valence-corrected chi connectivity index (χ1v) is 5.32. The van der Waals surface area contributed by atoms with Crippen LogP contribution in [-0.4, -0.2) is 15.0 Å². The van der Waals surface area contributed by atoms with Crippen molar-refractivity contribution < 1.29 is 4.39 Å². The van der Waals surface area contributed by atoms with Gasteiger partial charge >= 0.3 is 0 Å². The number of aryl methyl sites for hydroxylation is 1. The molecule has 16 heavy (non-hydrogen) atoms. The van der Waals surface area contributed by atoms with Crippen molar-refractivity contribution >= 4 is 12.2 Å². The summed E-state index contributed by atoms with van der Waals surface area (Å²) < 4.78 is 13.2. The van der Waals surface area contributed by atoms with E-state index in [2.05, 4.69) is 15.0 Å². The van der Waals surface area contributed by atoms with Crippen LogP contribution in [0.4, 0.5) is 4.39 Å². The summed E-state index contributed by atoms with van der Waals surface area (Å²) in [6.45, 7) is 2.02. The SMILES string of the molecule is CCc1cc(=S)nc(-c2ccc(F)cn2)[nH]1. The molecule has 2 aromatic heterocycles. The summed E-state index contributed by atoms with van der Waals surface area (Å²) in [7, 11) is 0. The van der Waals surface area contributed by atoms with Crippen LogP contribution in [0.25, 0.3) is 11.5 Å². The normalized spacial score (nSPS) is 10.4. The lowest BCUT2D eigenvalue weighted by molar-refractivity contribution is 0.621. The Bertz CT molecular complexity index is 548. The van der Waals surface area contributed by atoms with Gasteiger partial charge in [0.1, 0.15) is 16.2 Å². The highest BCUT2D eigenvalue weighted by molar-refractivity contribution is 7.71. The number of aromatic amines is 1. The molecule has 2 heterocycles. The van der Waals surface area contributed by atoms with Crippen LogP contribution >= 0.6 is 12.2 Å². The van der Waals surface area contributed by atoms with Gasteiger partial charge in [-0.2, -0.15) is 0 Å². The van der Waals surface area contributed by atoms with E-state index >= 15 is 0 Å². The fourth-order valence-electron chi connectivity index (χ4n) is 1.34. The van der Waals surface area contributed by atoms with Crippen molar-refractivity contribution in [2.45, 2.75) is 13.3 Å². The Morgan fingerprint density at radius 1 is 1.44 bits per heavy atom. The molecule has 2 aromatic rings. The summed E-state index contributed by atoms with van der Waals surface area (Å²) in [5, 5.41) is 0. The van der Waals surface area contributed by atoms with E-state index in [9.17, 15) is 4.39 Å². The minimum absolute atomic E-state index is 0.367. The summed E-state index contributed by atoms with van der Waals surface area (Å²) in [5.41, 5.74) is 1.57. The number of aromatic nitrogens is 3. The lowest BCUT2D eigenvalue weighted by Crippen LogP contribution is -1.96. The maximum absolute atomic E-state index is 12.7. The number of hydrogen-bond acceptors (Lipinski definition) is 3. The van der Waals surface area contributed by atoms with E-state index in [1.165, 1.54) is 6.07 Å². The summed E-state index contributed by atoms with van der Waals surface area (Å²) in [6.07, 6.45) is 1.99. The Balaban J connectivity index is 2.51. The van der Waals surface area contributed by atoms with Gasteiger partial charge in [-0.25, -0.2) is 14.4 Å². The van der Waals surface area contributed by atoms with Gasteiger partial charge in [-0.3, -0.25) is 0 Å². The van der Waals surface area contributed by atoms with Crippen molar-refractivity contribution in [3.8, 4) is 11.5 Å². The quantitative estimate of drug-likeness (QED) is 0.814. The zero-order valence-corrected chi connectivity index (χ0v) is 9.51. The van der Waals surface area contributed by atoms with Crippen LogP contribution in [0, 0.1) is 10.5 Å². The Hall–Kier alpha value is -1.62. The second-order valence-electron chi connectivity index (χ2n) is 3.31. The largest absolute Gasteiger partial charge is 0.342 e. The molecule has 0 unspecified atom stereocenters. The second-order valence-corrected chi connectivity index (χ2v) is 3.73. The minimum atomic E-state index is -0.367. The van der Waals surface area contributed by atoms with Crippen LogP contribution in [-0.2, 0) is 6.42 Å². The zero-order chi connectivity index (χ0) is 11.5. The van der Waals surface area contributed by atoms with Crippen LogP contribution < -0.4 is 0 Å². The Morgan fingerprint density at radius 2 is 2.25 bits per heavy atom. The number of H-pyrrole nitrogens is 1. The van der Waals surface area contributed by atoms with Gasteiger partial charge in [-0.15, -0.1) is 0 Å². The second kappa shape index (κ2) is 4.49. The third-order valence-corrected chi connectivity index (χ3v) is 2.36. The van der Waals surface area contributed by atoms with Crippen molar-refractivity contribution in [3.63, 3.8) is 0 Å². The molecule has 5 heteroatoms. The Morgan fingerprint density at radius 3 is 2.88 bits per heavy atom. The third-order valence-electron chi connectivity index (χ3n) is 2.15. The van der Waals surface area contributed by atoms with Gasteiger partial charge in [0.2, 0.25) is 0 Å². The van der Waals surface area contributed by atoms with Crippen molar-refractivity contribution in [1.82, 2.24) is 15.0 Å². The summed E-state index contributed by atoms with van der Waals surface area (Å²) >= 11 is 5.05. The van der Waals surface area contributed by atoms with Gasteiger partial charge in [0.05, 0.1) is 6.20 Å². The van der Waals surface area contributed by atoms with E-state index in [0.29, 0.717) is 16.2 Å². The molecule has 0 bridgehead atoms. The van der Waals surface area contributed by atoms with Gasteiger partial charge < -0.3 is 4.98 Å². The molecule has 0 aromatic carbocycles. The van der Waals surface area contributed by atoms with Crippen molar-refractivity contribution in [1.29, 1.82) is 0 Å². The first-order valence-electron chi connectivity index (χ1n) is 4.91. The van der Waals surface area contributed by atoms with Gasteiger partial charge in [-0.05, 0) is 24.6 Å². The number of nitrogens with one attached hydrogen (secondary N) is 1. The van der Waals surface area contributed by atoms with E-state index in [-0.39, 0.29) is 5.82 Å². The molecule has 3 nitrogen and oxygen atoms in total. The minimum Gasteiger partial charge on any atom is -0.342 e. The van der Waals surface area contributed by atoms with Crippen LogP contribution in [0.5, 0.6) is 0 Å². The number of nitrogens with zero attached hydrogens (tertiary/aromatic N) is 2. The molecule has 0 fully saturated rings. The molecule has 2 rings (SSSR count). The molecular formula is C11H10FN3S. The van der Waals surface area contributed by atoms with Crippen LogP contribution in [0.3, 0.4) is 0 Å². The van der Waals surface area contributed by atoms with Gasteiger partial charge in [0.25, 0.3) is 0 Å². The monoisotopic (exact) mass is 235 g/mol. The molecule has 1 N–H and O–H groups in total. The predicted octanol–water partition coefficient (Wildman–Crippen LogP) is 2.90. The summed E-state index contributed by atoms with van der Waals surface area (Å²) in [6, 6.07) is 4.73. The molecule has 0 radical (unpaired) electrons. The molecule has 0 aliphatic heterocycles. The summed E-state index contributed by atoms with van der Waals surface area (Å²) in [4.78, 5) is 11.2. The van der Waals surface area contributed by atoms with Crippen molar-refractivity contribution in [3.05, 3.63) is 40.5 Å². The average molecular weight is 235 g/mol. The molecule has 0 saturated heterocycles. The number of pyridine rings is 1. The number of halogens is 1. The van der Waals surface area contributed by atoms with Crippen LogP contribution in [0.1, 0.15) is 12.6 Å². The maximum atomic E-state index is 12.7. The molecule has 0 saturated carbocycles. The lowest BCUT2D eigenvalue weighted by Gasteiger charge is -2.03. The van der Waals surface area contributed by atoms with E-state index in [1.807, 2.05) is 13.0 Å². The first-order chi connectivity index (χ1) is 7.69. The number of hydrogen-bond donors (Lipinski definition) is 1. The van der Waals surface area contributed by atoms with Crippen molar-refractivity contribution in [2.24, 2.45) is 0 Å². The molecule has 0 aliphatic carbocycles. The standard InChI is InChI=1S/C11H10FN3S/c1-2-8-5-10(16)15-11(14-8)9-4-3-7(12)6-13-9/h3-6H,2H2,1H3,(H,14,15,16). The summed E-state index contributed by atoms with van der Waals surface area (Å²) in [5.74, 6) is 0.207. The zero-order valence-electron chi connectivity index (χ0n) is 8.70. The van der Waals surface area contributed by atoms with E-state index in [4.69, 9.17) is 12.2 Å². The maximum Gasteiger partial charge on any atom is 0.157 e. The van der Waals surface area contributed by atoms with Gasteiger partial charge in [0, 0.05) is 5.69 Å². The molecule has 0 atom stereocenters. The smallest absolute Gasteiger partial charge is 0.157 e. The van der Waals surface area contributed by atoms with E-state index in [0.717, 1.165) is 18.3 Å². The highest BCUT2D eigenvalue weighted by atomic mass is 32.1. The average Bonchev–Trinajstić information content (AvgIpc) is 2.29. The van der Waals surface area contributed by atoms with Gasteiger partial charge in [0.15, 0.2) is 5.82 Å². The van der Waals surface area contributed by atoms with Crippen LogP contribution in [0.15, 0.2) is 24.4 Å². The lowest BCUT2D eigenvalue weighted by atomic mass is 10.3. The van der Waals surface area contributed by atoms with Gasteiger partial charge in [-0.1, -0.05) is 19.1 Å². The topological polar surface area (TPSA) is 41.6 Å². The first kappa shape index (κ1) is 10.9. The molecule has 0 aliphatic rings. The Kier molecular flexibility index (Phi) is 3.05. The fourth-order valence-corrected chi connectivity index (χ4v) is 1.57. The highest BCUT2D eigenvalue weighted by Crippen LogP contribution is 2.12. The predicted molar refractivity (Wildman–Crippen MR) is 62.0 cm³/mol. The molecule has 82 valence electrons. The Labute approximate surface area is 97.4 Å². The number of rotatable bonds is 2.